The van der Waals surface area contributed by atoms with E-state index in [0.717, 1.165) is 44.8 Å². The number of hydrogen-bond donors (Lipinski definition) is 3. The summed E-state index contributed by atoms with van der Waals surface area (Å²) in [5.41, 5.74) is 7.86. The monoisotopic (exact) mass is 442 g/mol. The molecule has 6 nitrogen and oxygen atoms in total. The van der Waals surface area contributed by atoms with Crippen LogP contribution in [0.1, 0.15) is 22.8 Å². The second-order valence-corrected chi connectivity index (χ2v) is 6.67. The van der Waals surface area contributed by atoms with Crippen molar-refractivity contribution < 1.29 is 19.5 Å². The molecule has 0 saturated carbocycles. The van der Waals surface area contributed by atoms with Gasteiger partial charge in [0.25, 0.3) is 0 Å². The van der Waals surface area contributed by atoms with Crippen molar-refractivity contribution in [2.75, 3.05) is 0 Å². The molecular formula is C23H18N6Zn. The molecule has 0 atom stereocenters. The fourth-order valence-electron chi connectivity index (χ4n) is 3.16. The topological polar surface area (TPSA) is 86.0 Å². The molecule has 3 N–H and O–H groups in total. The van der Waals surface area contributed by atoms with Gasteiger partial charge in [-0.25, -0.2) is 15.0 Å². The van der Waals surface area contributed by atoms with Gasteiger partial charge in [-0.1, -0.05) is 0 Å². The molecule has 30 heavy (non-hydrogen) atoms. The quantitative estimate of drug-likeness (QED) is 0.287. The number of imidazole rings is 1. The molecule has 2 aliphatic heterocycles. The van der Waals surface area contributed by atoms with Crippen molar-refractivity contribution in [3.05, 3.63) is 90.0 Å². The fourth-order valence-corrected chi connectivity index (χ4v) is 3.16. The summed E-state index contributed by atoms with van der Waals surface area (Å²) < 4.78 is 0. The van der Waals surface area contributed by atoms with Crippen molar-refractivity contribution in [3.63, 3.8) is 0 Å². The Hall–Kier alpha value is -3.57. The zero-order chi connectivity index (χ0) is 19.5. The van der Waals surface area contributed by atoms with Gasteiger partial charge in [0, 0.05) is 53.9 Å². The standard InChI is InChI=1S/C20H14N4.C3H4N2.Zn/c1-2-14-10-16-5-6-18(23-16)12-20-8-7-19(24-20)11-17-4-3-15(22-17)9-13(1)21-14;1-2-5-3-4-1;/h1-12,21,24H;1-3H,(H,4,5);. The van der Waals surface area contributed by atoms with Gasteiger partial charge in [0.05, 0.1) is 29.1 Å². The van der Waals surface area contributed by atoms with Crippen LogP contribution in [0, 0.1) is 0 Å². The van der Waals surface area contributed by atoms with E-state index in [1.165, 1.54) is 0 Å². The average molecular weight is 444 g/mol. The molecule has 0 unspecified atom stereocenters. The minimum atomic E-state index is 0. The molecule has 4 aromatic rings. The first-order chi connectivity index (χ1) is 14.3. The predicted octanol–water partition coefficient (Wildman–Crippen LogP) is 5.06. The van der Waals surface area contributed by atoms with Crippen molar-refractivity contribution in [2.24, 2.45) is 0 Å². The first-order valence-electron chi connectivity index (χ1n) is 9.27. The smallest absolute Gasteiger partial charge is 0.0919 e. The van der Waals surface area contributed by atoms with Gasteiger partial charge < -0.3 is 15.0 Å². The summed E-state index contributed by atoms with van der Waals surface area (Å²) in [6, 6.07) is 16.4. The van der Waals surface area contributed by atoms with E-state index in [1.807, 2.05) is 48.6 Å². The Morgan fingerprint density at radius 3 is 1.23 bits per heavy atom. The Bertz CT molecular complexity index is 1170. The number of aromatic amines is 3. The SMILES string of the molecule is C1=Cc2cc3ccc(cc4nc(cc5ccc(cc1n2)[nH]5)C=C4)[nH]3.[Zn].c1c[nH]cn1. The molecule has 8 bridgehead atoms. The third-order valence-electron chi connectivity index (χ3n) is 4.45. The van der Waals surface area contributed by atoms with Crippen molar-refractivity contribution in [1.29, 1.82) is 0 Å². The Labute approximate surface area is 185 Å². The maximum Gasteiger partial charge on any atom is 0.0919 e. The summed E-state index contributed by atoms with van der Waals surface area (Å²) >= 11 is 0. The Morgan fingerprint density at radius 1 is 0.567 bits per heavy atom. The second-order valence-electron chi connectivity index (χ2n) is 6.67. The van der Waals surface area contributed by atoms with Crippen LogP contribution in [0.4, 0.5) is 0 Å². The summed E-state index contributed by atoms with van der Waals surface area (Å²) in [4.78, 5) is 22.4. The third-order valence-corrected chi connectivity index (χ3v) is 4.45. The Kier molecular flexibility index (Phi) is 5.82. The summed E-state index contributed by atoms with van der Waals surface area (Å²) in [7, 11) is 0. The molecular weight excluding hydrogens is 426 g/mol. The molecule has 0 saturated heterocycles. The number of hydrogen-bond acceptors (Lipinski definition) is 3. The maximum absolute atomic E-state index is 4.63. The molecule has 0 radical (unpaired) electrons. The van der Waals surface area contributed by atoms with E-state index in [0.29, 0.717) is 0 Å². The van der Waals surface area contributed by atoms with Crippen LogP contribution in [0.5, 0.6) is 0 Å². The first kappa shape index (κ1) is 19.7. The van der Waals surface area contributed by atoms with Crippen LogP contribution in [0.3, 0.4) is 0 Å². The van der Waals surface area contributed by atoms with Crippen LogP contribution >= 0.6 is 0 Å². The van der Waals surface area contributed by atoms with Crippen LogP contribution in [-0.4, -0.2) is 29.9 Å². The normalized spacial score (nSPS) is 11.5. The summed E-state index contributed by atoms with van der Waals surface area (Å²) in [5.74, 6) is 0. The number of rotatable bonds is 0. The molecule has 7 heteroatoms. The minimum absolute atomic E-state index is 0. The fraction of sp³-hybridized carbons (Fsp3) is 0. The molecule has 0 amide bonds. The van der Waals surface area contributed by atoms with E-state index in [2.05, 4.69) is 54.2 Å². The van der Waals surface area contributed by atoms with Gasteiger partial charge in [-0.15, -0.1) is 0 Å². The van der Waals surface area contributed by atoms with Crippen LogP contribution in [0.25, 0.3) is 46.4 Å². The summed E-state index contributed by atoms with van der Waals surface area (Å²) in [6.07, 6.45) is 13.2. The molecule has 6 heterocycles. The van der Waals surface area contributed by atoms with Crippen molar-refractivity contribution in [3.8, 4) is 0 Å². The van der Waals surface area contributed by atoms with E-state index in [-0.39, 0.29) is 19.5 Å². The Balaban J connectivity index is 0.000000321. The first-order valence-corrected chi connectivity index (χ1v) is 9.27. The van der Waals surface area contributed by atoms with Gasteiger partial charge in [-0.05, 0) is 72.8 Å². The van der Waals surface area contributed by atoms with Gasteiger partial charge in [0.15, 0.2) is 0 Å². The van der Waals surface area contributed by atoms with Gasteiger partial charge in [0.2, 0.25) is 0 Å². The van der Waals surface area contributed by atoms with E-state index in [9.17, 15) is 0 Å². The molecule has 6 rings (SSSR count). The number of aromatic nitrogens is 6. The zero-order valence-electron chi connectivity index (χ0n) is 16.2. The minimum Gasteiger partial charge on any atom is -0.355 e. The largest absolute Gasteiger partial charge is 0.355 e. The van der Waals surface area contributed by atoms with Crippen LogP contribution in [0.15, 0.2) is 67.3 Å². The van der Waals surface area contributed by atoms with E-state index >= 15 is 0 Å². The number of nitrogens with one attached hydrogen (secondary N) is 3. The van der Waals surface area contributed by atoms with E-state index < -0.39 is 0 Å². The molecule has 0 spiro atoms. The van der Waals surface area contributed by atoms with Gasteiger partial charge in [0.1, 0.15) is 0 Å². The summed E-state index contributed by atoms with van der Waals surface area (Å²) in [6.45, 7) is 0. The van der Waals surface area contributed by atoms with E-state index in [1.54, 1.807) is 18.7 Å². The molecule has 0 aromatic carbocycles. The van der Waals surface area contributed by atoms with Gasteiger partial charge in [-0.3, -0.25) is 0 Å². The van der Waals surface area contributed by atoms with Crippen molar-refractivity contribution in [2.45, 2.75) is 0 Å². The predicted molar refractivity (Wildman–Crippen MR) is 117 cm³/mol. The van der Waals surface area contributed by atoms with Gasteiger partial charge in [-0.2, -0.15) is 0 Å². The summed E-state index contributed by atoms with van der Waals surface area (Å²) in [5, 5.41) is 0. The second kappa shape index (κ2) is 8.84. The molecule has 4 aromatic heterocycles. The average Bonchev–Trinajstić information content (AvgIpc) is 3.50. The van der Waals surface area contributed by atoms with Crippen LogP contribution < -0.4 is 0 Å². The molecule has 2 aliphatic rings. The van der Waals surface area contributed by atoms with Crippen molar-refractivity contribution >= 4 is 46.4 Å². The molecule has 0 aliphatic carbocycles. The Morgan fingerprint density at radius 2 is 0.967 bits per heavy atom. The number of nitrogens with zero attached hydrogens (tertiary/aromatic N) is 3. The molecule has 0 fully saturated rings. The van der Waals surface area contributed by atoms with Crippen molar-refractivity contribution in [1.82, 2.24) is 29.9 Å². The zero-order valence-corrected chi connectivity index (χ0v) is 19.2. The maximum atomic E-state index is 4.63. The molecule has 142 valence electrons. The van der Waals surface area contributed by atoms with Crippen LogP contribution in [0.2, 0.25) is 0 Å². The number of fused-ring (bicyclic) bond motifs is 8. The van der Waals surface area contributed by atoms with Gasteiger partial charge >= 0.3 is 0 Å². The van der Waals surface area contributed by atoms with Crippen LogP contribution in [-0.2, 0) is 19.5 Å². The third kappa shape index (κ3) is 4.70. The number of H-pyrrole nitrogens is 3. The van der Waals surface area contributed by atoms with E-state index in [4.69, 9.17) is 0 Å².